The van der Waals surface area contributed by atoms with Crippen LogP contribution in [0.25, 0.3) is 0 Å². The van der Waals surface area contributed by atoms with E-state index >= 15 is 0 Å². The van der Waals surface area contributed by atoms with Gasteiger partial charge in [-0.2, -0.15) is 13.2 Å². The number of aliphatic imine (C=N–C) groups is 1. The van der Waals surface area contributed by atoms with Crippen LogP contribution in [0.1, 0.15) is 26.7 Å². The number of nitrogens with zero attached hydrogens (tertiary/aromatic N) is 3. The van der Waals surface area contributed by atoms with E-state index in [2.05, 4.69) is 10.3 Å². The molecule has 0 bridgehead atoms. The standard InChI is InChI=1S/C15H27F3N4O2.HI/c1-4-19-14(22-8-6-12(7-9-22)24-5-2)20-10-13(23)21(3)11-15(16,17)18;/h12H,4-11H2,1-3H3,(H,19,20);1H. The second-order valence-electron chi connectivity index (χ2n) is 5.68. The molecule has 6 nitrogen and oxygen atoms in total. The molecular formula is C15H28F3IN4O2. The summed E-state index contributed by atoms with van der Waals surface area (Å²) in [4.78, 5) is 18.7. The number of nitrogens with one attached hydrogen (secondary N) is 1. The monoisotopic (exact) mass is 480 g/mol. The maximum atomic E-state index is 12.3. The fourth-order valence-electron chi connectivity index (χ4n) is 2.52. The highest BCUT2D eigenvalue weighted by Crippen LogP contribution is 2.16. The summed E-state index contributed by atoms with van der Waals surface area (Å²) in [5.41, 5.74) is 0. The van der Waals surface area contributed by atoms with Gasteiger partial charge < -0.3 is 19.9 Å². The number of carbonyl (C=O) groups excluding carboxylic acids is 1. The number of guanidine groups is 1. The van der Waals surface area contributed by atoms with Crippen molar-refractivity contribution in [1.29, 1.82) is 0 Å². The molecule has 0 aromatic rings. The Labute approximate surface area is 164 Å². The van der Waals surface area contributed by atoms with E-state index < -0.39 is 18.6 Å². The van der Waals surface area contributed by atoms with Crippen molar-refractivity contribution in [3.05, 3.63) is 0 Å². The van der Waals surface area contributed by atoms with Crippen LogP contribution in [0.5, 0.6) is 0 Å². The maximum Gasteiger partial charge on any atom is 0.406 e. The van der Waals surface area contributed by atoms with Crippen LogP contribution in [0.3, 0.4) is 0 Å². The predicted octanol–water partition coefficient (Wildman–Crippen LogP) is 2.09. The van der Waals surface area contributed by atoms with Gasteiger partial charge in [-0.3, -0.25) is 4.79 Å². The van der Waals surface area contributed by atoms with Gasteiger partial charge in [-0.25, -0.2) is 4.99 Å². The Morgan fingerprint density at radius 3 is 2.40 bits per heavy atom. The fraction of sp³-hybridized carbons (Fsp3) is 0.867. The van der Waals surface area contributed by atoms with Crippen molar-refractivity contribution in [3.8, 4) is 0 Å². The molecule has 1 N–H and O–H groups in total. The van der Waals surface area contributed by atoms with Crippen molar-refractivity contribution in [2.75, 3.05) is 46.4 Å². The summed E-state index contributed by atoms with van der Waals surface area (Å²) in [6.07, 6.45) is -2.45. The maximum absolute atomic E-state index is 12.3. The summed E-state index contributed by atoms with van der Waals surface area (Å²) in [5, 5.41) is 3.08. The molecule has 0 spiro atoms. The number of likely N-dealkylation sites (tertiary alicyclic amines) is 1. The molecule has 25 heavy (non-hydrogen) atoms. The van der Waals surface area contributed by atoms with Crippen molar-refractivity contribution < 1.29 is 22.7 Å². The van der Waals surface area contributed by atoms with Crippen LogP contribution in [-0.4, -0.2) is 80.3 Å². The lowest BCUT2D eigenvalue weighted by Gasteiger charge is -2.34. The summed E-state index contributed by atoms with van der Waals surface area (Å²) >= 11 is 0. The minimum Gasteiger partial charge on any atom is -0.378 e. The Balaban J connectivity index is 0.00000576. The average Bonchev–Trinajstić information content (AvgIpc) is 2.50. The molecule has 1 aliphatic heterocycles. The van der Waals surface area contributed by atoms with E-state index in [1.807, 2.05) is 18.7 Å². The number of alkyl halides is 3. The summed E-state index contributed by atoms with van der Waals surface area (Å²) in [6, 6.07) is 0. The van der Waals surface area contributed by atoms with Crippen molar-refractivity contribution in [1.82, 2.24) is 15.1 Å². The smallest absolute Gasteiger partial charge is 0.378 e. The Morgan fingerprint density at radius 1 is 1.32 bits per heavy atom. The van der Waals surface area contributed by atoms with Gasteiger partial charge in [-0.05, 0) is 26.7 Å². The molecule has 10 heteroatoms. The second-order valence-corrected chi connectivity index (χ2v) is 5.68. The van der Waals surface area contributed by atoms with Crippen molar-refractivity contribution in [3.63, 3.8) is 0 Å². The average molecular weight is 480 g/mol. The number of hydrogen-bond donors (Lipinski definition) is 1. The Morgan fingerprint density at radius 2 is 1.92 bits per heavy atom. The van der Waals surface area contributed by atoms with Crippen LogP contribution >= 0.6 is 24.0 Å². The van der Waals surface area contributed by atoms with Crippen LogP contribution in [0.4, 0.5) is 13.2 Å². The third kappa shape index (κ3) is 9.47. The molecule has 0 unspecified atom stereocenters. The Hall–Kier alpha value is -0.780. The minimum atomic E-state index is -4.40. The first-order chi connectivity index (χ1) is 11.3. The quantitative estimate of drug-likeness (QED) is 0.360. The fourth-order valence-corrected chi connectivity index (χ4v) is 2.52. The van der Waals surface area contributed by atoms with Crippen molar-refractivity contribution in [2.24, 2.45) is 4.99 Å². The molecule has 1 amide bonds. The molecule has 1 heterocycles. The van der Waals surface area contributed by atoms with Crippen LogP contribution < -0.4 is 5.32 Å². The van der Waals surface area contributed by atoms with E-state index in [0.29, 0.717) is 24.0 Å². The Kier molecular flexibility index (Phi) is 11.4. The van der Waals surface area contributed by atoms with Gasteiger partial charge in [-0.1, -0.05) is 0 Å². The number of amides is 1. The zero-order valence-corrected chi connectivity index (χ0v) is 17.3. The molecule has 0 saturated carbocycles. The van der Waals surface area contributed by atoms with Crippen LogP contribution in [0, 0.1) is 0 Å². The van der Waals surface area contributed by atoms with Gasteiger partial charge in [0.05, 0.1) is 6.10 Å². The van der Waals surface area contributed by atoms with E-state index in [4.69, 9.17) is 4.74 Å². The third-order valence-corrected chi connectivity index (χ3v) is 3.69. The molecule has 0 aromatic heterocycles. The van der Waals surface area contributed by atoms with E-state index in [0.717, 1.165) is 33.0 Å². The number of carbonyl (C=O) groups is 1. The first kappa shape index (κ1) is 24.2. The summed E-state index contributed by atoms with van der Waals surface area (Å²) < 4.78 is 42.5. The normalized spacial score (nSPS) is 16.4. The molecule has 1 rings (SSSR count). The first-order valence-electron chi connectivity index (χ1n) is 8.22. The van der Waals surface area contributed by atoms with Gasteiger partial charge in [0.2, 0.25) is 5.91 Å². The third-order valence-electron chi connectivity index (χ3n) is 3.69. The minimum absolute atomic E-state index is 0. The molecular weight excluding hydrogens is 452 g/mol. The first-order valence-corrected chi connectivity index (χ1v) is 8.22. The van der Waals surface area contributed by atoms with Crippen molar-refractivity contribution in [2.45, 2.75) is 39.0 Å². The summed E-state index contributed by atoms with van der Waals surface area (Å²) in [5.74, 6) is -0.104. The number of halogens is 4. The summed E-state index contributed by atoms with van der Waals surface area (Å²) in [6.45, 7) is 5.07. The van der Waals surface area contributed by atoms with Crippen LogP contribution in [0.2, 0.25) is 0 Å². The molecule has 1 fully saturated rings. The molecule has 0 radical (unpaired) electrons. The Bertz CT molecular complexity index is 427. The highest BCUT2D eigenvalue weighted by Gasteiger charge is 2.31. The molecule has 148 valence electrons. The highest BCUT2D eigenvalue weighted by molar-refractivity contribution is 14.0. The lowest BCUT2D eigenvalue weighted by Crippen LogP contribution is -2.47. The molecule has 0 aromatic carbocycles. The highest BCUT2D eigenvalue weighted by atomic mass is 127. The molecule has 0 aliphatic carbocycles. The number of piperidine rings is 1. The lowest BCUT2D eigenvalue weighted by atomic mass is 10.1. The number of hydrogen-bond acceptors (Lipinski definition) is 3. The second kappa shape index (κ2) is 11.8. The molecule has 0 atom stereocenters. The van der Waals surface area contributed by atoms with Gasteiger partial charge in [0.15, 0.2) is 5.96 Å². The molecule has 1 saturated heterocycles. The number of rotatable bonds is 6. The lowest BCUT2D eigenvalue weighted by molar-refractivity contribution is -0.157. The van der Waals surface area contributed by atoms with E-state index in [1.165, 1.54) is 0 Å². The summed E-state index contributed by atoms with van der Waals surface area (Å²) in [7, 11) is 1.13. The van der Waals surface area contributed by atoms with Gasteiger partial charge in [0, 0.05) is 33.3 Å². The van der Waals surface area contributed by atoms with E-state index in [9.17, 15) is 18.0 Å². The van der Waals surface area contributed by atoms with Gasteiger partial charge >= 0.3 is 6.18 Å². The number of ether oxygens (including phenoxy) is 1. The van der Waals surface area contributed by atoms with Crippen LogP contribution in [0.15, 0.2) is 4.99 Å². The zero-order valence-electron chi connectivity index (χ0n) is 14.9. The van der Waals surface area contributed by atoms with E-state index in [-0.39, 0.29) is 36.6 Å². The SMILES string of the molecule is CCNC(=NCC(=O)N(C)CC(F)(F)F)N1CCC(OCC)CC1.I. The van der Waals surface area contributed by atoms with Crippen LogP contribution in [-0.2, 0) is 9.53 Å². The van der Waals surface area contributed by atoms with Gasteiger partial charge in [-0.15, -0.1) is 24.0 Å². The largest absolute Gasteiger partial charge is 0.406 e. The number of likely N-dealkylation sites (N-methyl/N-ethyl adjacent to an activating group) is 1. The van der Waals surface area contributed by atoms with E-state index in [1.54, 1.807) is 0 Å². The molecule has 1 aliphatic rings. The van der Waals surface area contributed by atoms with Gasteiger partial charge in [0.25, 0.3) is 0 Å². The van der Waals surface area contributed by atoms with Gasteiger partial charge in [0.1, 0.15) is 13.1 Å². The predicted molar refractivity (Wildman–Crippen MR) is 101 cm³/mol. The zero-order chi connectivity index (χ0) is 18.2. The van der Waals surface area contributed by atoms with Crippen molar-refractivity contribution >= 4 is 35.8 Å². The topological polar surface area (TPSA) is 57.2 Å².